The van der Waals surface area contributed by atoms with Gasteiger partial charge >= 0.3 is 11.9 Å². The van der Waals surface area contributed by atoms with Gasteiger partial charge in [-0.3, -0.25) is 9.59 Å². The van der Waals surface area contributed by atoms with E-state index >= 15 is 0 Å². The highest BCUT2D eigenvalue weighted by molar-refractivity contribution is 5.70. The van der Waals surface area contributed by atoms with Crippen molar-refractivity contribution in [2.75, 3.05) is 19.8 Å². The number of carbonyl (C=O) groups excluding carboxylic acids is 2. The van der Waals surface area contributed by atoms with Gasteiger partial charge in [-0.2, -0.15) is 0 Å². The molecule has 0 aliphatic rings. The summed E-state index contributed by atoms with van der Waals surface area (Å²) in [6.45, 7) is 7.55. The van der Waals surface area contributed by atoms with E-state index in [-0.39, 0.29) is 25.2 Å². The third-order valence-electron chi connectivity index (χ3n) is 13.0. The molecule has 5 nitrogen and oxygen atoms in total. The first kappa shape index (κ1) is 70.3. The summed E-state index contributed by atoms with van der Waals surface area (Å²) in [7, 11) is 0. The van der Waals surface area contributed by atoms with E-state index < -0.39 is 6.10 Å². The first-order valence-electron chi connectivity index (χ1n) is 31.1. The van der Waals surface area contributed by atoms with Gasteiger partial charge in [0.1, 0.15) is 6.61 Å². The minimum Gasteiger partial charge on any atom is -0.462 e. The second-order valence-electron chi connectivity index (χ2n) is 20.2. The molecule has 0 bridgehead atoms. The highest BCUT2D eigenvalue weighted by Gasteiger charge is 2.17. The van der Waals surface area contributed by atoms with Crippen molar-refractivity contribution in [1.29, 1.82) is 0 Å². The topological polar surface area (TPSA) is 61.8 Å². The van der Waals surface area contributed by atoms with Crippen molar-refractivity contribution in [2.24, 2.45) is 0 Å². The van der Waals surface area contributed by atoms with Crippen molar-refractivity contribution in [3.8, 4) is 0 Å². The molecule has 1 unspecified atom stereocenters. The summed E-state index contributed by atoms with van der Waals surface area (Å²) >= 11 is 0. The number of carbonyl (C=O) groups is 2. The molecule has 0 spiro atoms. The van der Waals surface area contributed by atoms with Crippen LogP contribution in [-0.2, 0) is 23.8 Å². The van der Waals surface area contributed by atoms with E-state index in [1.54, 1.807) is 0 Å². The molecule has 0 aromatic rings. The molecule has 0 N–H and O–H groups in total. The third kappa shape index (κ3) is 60.9. The van der Waals surface area contributed by atoms with Gasteiger partial charge in [-0.1, -0.05) is 258 Å². The molecule has 5 heteroatoms. The molecule has 422 valence electrons. The number of hydrogen-bond acceptors (Lipinski definition) is 5. The van der Waals surface area contributed by atoms with Crippen LogP contribution in [0.3, 0.4) is 0 Å². The predicted octanol–water partition coefficient (Wildman–Crippen LogP) is 21.7. The fourth-order valence-corrected chi connectivity index (χ4v) is 8.41. The number of unbranched alkanes of at least 4 members (excludes halogenated alkanes) is 25. The zero-order valence-electron chi connectivity index (χ0n) is 48.6. The zero-order valence-corrected chi connectivity index (χ0v) is 48.6. The van der Waals surface area contributed by atoms with Crippen LogP contribution in [-0.4, -0.2) is 37.9 Å². The Bertz CT molecular complexity index is 1490. The van der Waals surface area contributed by atoms with Crippen molar-refractivity contribution >= 4 is 11.9 Å². The minimum atomic E-state index is -0.567. The Morgan fingerprint density at radius 3 is 1.00 bits per heavy atom. The van der Waals surface area contributed by atoms with Crippen LogP contribution in [0, 0.1) is 0 Å². The minimum absolute atomic E-state index is 0.0566. The molecule has 0 aliphatic carbocycles. The zero-order chi connectivity index (χ0) is 53.4. The van der Waals surface area contributed by atoms with E-state index in [9.17, 15) is 9.59 Å². The first-order chi connectivity index (χ1) is 36.6. The second kappa shape index (κ2) is 63.6. The maximum absolute atomic E-state index is 12.9. The summed E-state index contributed by atoms with van der Waals surface area (Å²) in [6, 6.07) is 0. The van der Waals surface area contributed by atoms with Gasteiger partial charge in [0.05, 0.1) is 6.61 Å². The van der Waals surface area contributed by atoms with Crippen LogP contribution in [0.25, 0.3) is 0 Å². The summed E-state index contributed by atoms with van der Waals surface area (Å²) in [6.07, 6.45) is 89.4. The van der Waals surface area contributed by atoms with E-state index in [1.807, 2.05) is 0 Å². The van der Waals surface area contributed by atoms with E-state index in [1.165, 1.54) is 122 Å². The summed E-state index contributed by atoms with van der Waals surface area (Å²) in [4.78, 5) is 25.6. The average molecular weight is 1030 g/mol. The summed E-state index contributed by atoms with van der Waals surface area (Å²) < 4.78 is 17.5. The highest BCUT2D eigenvalue weighted by atomic mass is 16.6. The number of allylic oxidation sites excluding steroid dienone is 20. The van der Waals surface area contributed by atoms with E-state index in [4.69, 9.17) is 14.2 Å². The molecule has 0 saturated heterocycles. The molecule has 0 aromatic heterocycles. The van der Waals surface area contributed by atoms with E-state index in [0.29, 0.717) is 19.4 Å². The molecule has 0 saturated carbocycles. The van der Waals surface area contributed by atoms with Crippen molar-refractivity contribution < 1.29 is 23.8 Å². The van der Waals surface area contributed by atoms with Gasteiger partial charge in [0.25, 0.3) is 0 Å². The molecule has 74 heavy (non-hydrogen) atoms. The van der Waals surface area contributed by atoms with Crippen molar-refractivity contribution in [3.05, 3.63) is 122 Å². The quantitative estimate of drug-likeness (QED) is 0.0345. The normalized spacial score (nSPS) is 13.1. The van der Waals surface area contributed by atoms with E-state index in [2.05, 4.69) is 142 Å². The lowest BCUT2D eigenvalue weighted by molar-refractivity contribution is -0.163. The molecule has 0 fully saturated rings. The van der Waals surface area contributed by atoms with E-state index in [0.717, 1.165) is 122 Å². The van der Waals surface area contributed by atoms with Crippen LogP contribution in [0.2, 0.25) is 0 Å². The molecular formula is C69H116O5. The number of rotatable bonds is 56. The second-order valence-corrected chi connectivity index (χ2v) is 20.2. The van der Waals surface area contributed by atoms with Gasteiger partial charge in [0.15, 0.2) is 6.10 Å². The van der Waals surface area contributed by atoms with Crippen LogP contribution in [0.15, 0.2) is 122 Å². The maximum Gasteiger partial charge on any atom is 0.306 e. The van der Waals surface area contributed by atoms with Crippen molar-refractivity contribution in [3.63, 3.8) is 0 Å². The molecule has 0 rings (SSSR count). The number of ether oxygens (including phenoxy) is 3. The Kier molecular flexibility index (Phi) is 60.4. The Labute approximate surface area is 458 Å². The van der Waals surface area contributed by atoms with Crippen LogP contribution in [0.4, 0.5) is 0 Å². The molecule has 1 atom stereocenters. The molecule has 0 amide bonds. The Morgan fingerprint density at radius 2 is 0.608 bits per heavy atom. The number of esters is 2. The van der Waals surface area contributed by atoms with Gasteiger partial charge in [-0.15, -0.1) is 0 Å². The molecule has 0 radical (unpaired) electrons. The van der Waals surface area contributed by atoms with Gasteiger partial charge in [0, 0.05) is 19.4 Å². The predicted molar refractivity (Wildman–Crippen MR) is 325 cm³/mol. The van der Waals surface area contributed by atoms with Crippen LogP contribution >= 0.6 is 0 Å². The summed E-state index contributed by atoms with van der Waals surface area (Å²) in [5, 5.41) is 0. The van der Waals surface area contributed by atoms with Crippen molar-refractivity contribution in [1.82, 2.24) is 0 Å². The first-order valence-corrected chi connectivity index (χ1v) is 31.1. The smallest absolute Gasteiger partial charge is 0.306 e. The van der Waals surface area contributed by atoms with Crippen LogP contribution in [0.5, 0.6) is 0 Å². The SMILES string of the molecule is CC/C=C\C/C=C\C/C=C\C/C=C\C/C=C\CCCCCC(=O)OCC(COCCCCCCCCC/C=C\C/C=C\C/C=C\C/C=C\CC)OC(=O)CCCCCCCCCCC/C=C\CCCCCCCC. The Morgan fingerprint density at radius 1 is 0.311 bits per heavy atom. The van der Waals surface area contributed by atoms with Gasteiger partial charge in [0.2, 0.25) is 0 Å². The molecule has 0 aromatic carbocycles. The monoisotopic (exact) mass is 1020 g/mol. The lowest BCUT2D eigenvalue weighted by Crippen LogP contribution is -2.30. The maximum atomic E-state index is 12.9. The Hall–Kier alpha value is -3.70. The largest absolute Gasteiger partial charge is 0.462 e. The van der Waals surface area contributed by atoms with Gasteiger partial charge < -0.3 is 14.2 Å². The standard InChI is InChI=1S/C69H116O5/c1-4-7-10-13-16-19-22-25-28-31-34-37-40-43-46-49-52-55-58-61-64-72-65-67(74-69(71)63-60-57-54-51-48-45-42-39-36-33-30-27-24-21-18-15-12-9-6-3)66-73-68(70)62-59-56-53-50-47-44-41-38-35-32-29-26-23-20-17-14-11-8-5-2/h7-8,10-11,16-17,19-20,25-30,34-35,37-38,44,47,67H,4-6,9,12-15,18,21-24,31-33,36,39-43,45-46,48-66H2,1-3H3/b10-7-,11-8-,19-16-,20-17-,28-25-,29-26-,30-27-,37-34-,38-35-,47-44-. The van der Waals surface area contributed by atoms with Gasteiger partial charge in [-0.05, 0) is 128 Å². The summed E-state index contributed by atoms with van der Waals surface area (Å²) in [5.74, 6) is -0.442. The lowest BCUT2D eigenvalue weighted by Gasteiger charge is -2.18. The fraction of sp³-hybridized carbons (Fsp3) is 0.681. The van der Waals surface area contributed by atoms with Gasteiger partial charge in [-0.25, -0.2) is 0 Å². The molecular weight excluding hydrogens is 909 g/mol. The molecule has 0 aliphatic heterocycles. The third-order valence-corrected chi connectivity index (χ3v) is 13.0. The highest BCUT2D eigenvalue weighted by Crippen LogP contribution is 2.15. The lowest BCUT2D eigenvalue weighted by atomic mass is 10.1. The van der Waals surface area contributed by atoms with Crippen molar-refractivity contribution in [2.45, 2.75) is 284 Å². The average Bonchev–Trinajstić information content (AvgIpc) is 3.40. The Balaban J connectivity index is 4.39. The summed E-state index contributed by atoms with van der Waals surface area (Å²) in [5.41, 5.74) is 0. The fourth-order valence-electron chi connectivity index (χ4n) is 8.41. The van der Waals surface area contributed by atoms with Crippen LogP contribution < -0.4 is 0 Å². The molecule has 0 heterocycles. The van der Waals surface area contributed by atoms with Crippen LogP contribution in [0.1, 0.15) is 278 Å². The number of hydrogen-bond donors (Lipinski definition) is 0.